The molecule has 1 saturated heterocycles. The van der Waals surface area contributed by atoms with Gasteiger partial charge in [0.1, 0.15) is 5.82 Å². The van der Waals surface area contributed by atoms with Crippen LogP contribution in [-0.4, -0.2) is 41.0 Å². The van der Waals surface area contributed by atoms with E-state index in [4.69, 9.17) is 4.98 Å². The van der Waals surface area contributed by atoms with Crippen LogP contribution in [0.3, 0.4) is 0 Å². The normalized spacial score (nSPS) is 15.8. The van der Waals surface area contributed by atoms with Gasteiger partial charge in [0, 0.05) is 48.8 Å². The summed E-state index contributed by atoms with van der Waals surface area (Å²) in [6.45, 7) is 13.0. The van der Waals surface area contributed by atoms with Crippen LogP contribution >= 0.6 is 0 Å². The first-order valence-electron chi connectivity index (χ1n) is 13.1. The second kappa shape index (κ2) is 10.4. The number of benzene rings is 3. The zero-order valence-electron chi connectivity index (χ0n) is 22.0. The standard InChI is InChI=1S/C32H38N4/c1-23-15-17-26(18-16-23)31-34-28(30(35-31)32(2,3)4)29(36-21-19-33-20-22-36)27(24-11-7-5-8-12-24)25-13-9-6-10-14-25/h5-18,27,29,33H,19-22H2,1-4H3,(H,34,35). The number of hydrogen-bond acceptors (Lipinski definition) is 3. The second-order valence-corrected chi connectivity index (χ2v) is 11.0. The summed E-state index contributed by atoms with van der Waals surface area (Å²) < 4.78 is 0. The topological polar surface area (TPSA) is 44.0 Å². The third-order valence-corrected chi connectivity index (χ3v) is 7.27. The fourth-order valence-corrected chi connectivity index (χ4v) is 5.40. The van der Waals surface area contributed by atoms with Crippen LogP contribution in [-0.2, 0) is 5.41 Å². The summed E-state index contributed by atoms with van der Waals surface area (Å²) >= 11 is 0. The molecule has 1 fully saturated rings. The Morgan fingerprint density at radius 2 is 1.33 bits per heavy atom. The van der Waals surface area contributed by atoms with E-state index < -0.39 is 0 Å². The van der Waals surface area contributed by atoms with E-state index >= 15 is 0 Å². The van der Waals surface area contributed by atoms with Crippen molar-refractivity contribution in [3.63, 3.8) is 0 Å². The molecule has 186 valence electrons. The van der Waals surface area contributed by atoms with E-state index in [-0.39, 0.29) is 17.4 Å². The van der Waals surface area contributed by atoms with Crippen molar-refractivity contribution >= 4 is 0 Å². The van der Waals surface area contributed by atoms with Crippen molar-refractivity contribution < 1.29 is 0 Å². The minimum Gasteiger partial charge on any atom is -0.341 e. The lowest BCUT2D eigenvalue weighted by atomic mass is 9.79. The molecule has 1 unspecified atom stereocenters. The highest BCUT2D eigenvalue weighted by molar-refractivity contribution is 5.57. The summed E-state index contributed by atoms with van der Waals surface area (Å²) in [6.07, 6.45) is 0. The Morgan fingerprint density at radius 3 is 1.86 bits per heavy atom. The third-order valence-electron chi connectivity index (χ3n) is 7.27. The second-order valence-electron chi connectivity index (χ2n) is 11.0. The van der Waals surface area contributed by atoms with Gasteiger partial charge in [-0.15, -0.1) is 0 Å². The lowest BCUT2D eigenvalue weighted by Gasteiger charge is -2.40. The van der Waals surface area contributed by atoms with Gasteiger partial charge in [-0.25, -0.2) is 4.98 Å². The average molecular weight is 479 g/mol. The molecule has 36 heavy (non-hydrogen) atoms. The maximum absolute atomic E-state index is 5.41. The van der Waals surface area contributed by atoms with Crippen molar-refractivity contribution in [2.45, 2.75) is 45.1 Å². The molecule has 3 aromatic carbocycles. The van der Waals surface area contributed by atoms with E-state index in [0.29, 0.717) is 0 Å². The molecule has 0 amide bonds. The lowest BCUT2D eigenvalue weighted by molar-refractivity contribution is 0.155. The van der Waals surface area contributed by atoms with Crippen molar-refractivity contribution in [2.75, 3.05) is 26.2 Å². The van der Waals surface area contributed by atoms with E-state index in [0.717, 1.165) is 43.3 Å². The Hall–Kier alpha value is -3.21. The number of H-pyrrole nitrogens is 1. The molecule has 4 nitrogen and oxygen atoms in total. The van der Waals surface area contributed by atoms with E-state index in [9.17, 15) is 0 Å². The average Bonchev–Trinajstić information content (AvgIpc) is 3.35. The molecule has 1 aromatic heterocycles. The van der Waals surface area contributed by atoms with Crippen molar-refractivity contribution in [2.24, 2.45) is 0 Å². The molecule has 5 rings (SSSR count). The first kappa shape index (κ1) is 24.5. The molecule has 0 radical (unpaired) electrons. The Morgan fingerprint density at radius 1 is 0.778 bits per heavy atom. The largest absolute Gasteiger partial charge is 0.341 e. The molecule has 1 atom stereocenters. The van der Waals surface area contributed by atoms with Crippen LogP contribution in [0.25, 0.3) is 11.4 Å². The van der Waals surface area contributed by atoms with Gasteiger partial charge in [-0.1, -0.05) is 111 Å². The Kier molecular flexibility index (Phi) is 7.08. The highest BCUT2D eigenvalue weighted by Crippen LogP contribution is 2.44. The fraction of sp³-hybridized carbons (Fsp3) is 0.344. The minimum absolute atomic E-state index is 0.0739. The van der Waals surface area contributed by atoms with Crippen molar-refractivity contribution in [3.05, 3.63) is 113 Å². The number of aromatic amines is 1. The highest BCUT2D eigenvalue weighted by Gasteiger charge is 2.38. The maximum Gasteiger partial charge on any atom is 0.137 e. The van der Waals surface area contributed by atoms with Crippen LogP contribution in [0.1, 0.15) is 60.8 Å². The zero-order chi connectivity index (χ0) is 25.1. The number of imidazole rings is 1. The van der Waals surface area contributed by atoms with Gasteiger partial charge in [-0.2, -0.15) is 0 Å². The Bertz CT molecular complexity index is 1210. The monoisotopic (exact) mass is 478 g/mol. The molecular weight excluding hydrogens is 440 g/mol. The summed E-state index contributed by atoms with van der Waals surface area (Å²) in [5.74, 6) is 1.12. The van der Waals surface area contributed by atoms with Gasteiger partial charge in [-0.05, 0) is 18.1 Å². The van der Waals surface area contributed by atoms with E-state index in [1.54, 1.807) is 0 Å². The van der Waals surface area contributed by atoms with Gasteiger partial charge in [0.2, 0.25) is 0 Å². The third kappa shape index (κ3) is 5.16. The summed E-state index contributed by atoms with van der Waals surface area (Å²) in [6, 6.07) is 30.8. The molecule has 1 aliphatic rings. The van der Waals surface area contributed by atoms with Crippen LogP contribution in [0.2, 0.25) is 0 Å². The van der Waals surface area contributed by atoms with Gasteiger partial charge in [-0.3, -0.25) is 4.90 Å². The Balaban J connectivity index is 1.73. The quantitative estimate of drug-likeness (QED) is 0.334. The van der Waals surface area contributed by atoms with Crippen molar-refractivity contribution in [1.82, 2.24) is 20.2 Å². The van der Waals surface area contributed by atoms with Crippen LogP contribution in [0.15, 0.2) is 84.9 Å². The van der Waals surface area contributed by atoms with Crippen LogP contribution in [0.4, 0.5) is 0 Å². The van der Waals surface area contributed by atoms with Gasteiger partial charge >= 0.3 is 0 Å². The number of hydrogen-bond donors (Lipinski definition) is 2. The number of aromatic nitrogens is 2. The van der Waals surface area contributed by atoms with Crippen molar-refractivity contribution in [3.8, 4) is 11.4 Å². The molecule has 2 heterocycles. The van der Waals surface area contributed by atoms with Crippen LogP contribution in [0.5, 0.6) is 0 Å². The summed E-state index contributed by atoms with van der Waals surface area (Å²) in [4.78, 5) is 11.8. The molecule has 0 saturated carbocycles. The molecule has 0 spiro atoms. The molecule has 0 bridgehead atoms. The molecule has 4 aromatic rings. The molecular formula is C32H38N4. The maximum atomic E-state index is 5.41. The SMILES string of the molecule is Cc1ccc(-c2nc(C(C(c3ccccc3)c3ccccc3)N3CCNCC3)c(C(C)(C)C)[nH]2)cc1. The van der Waals surface area contributed by atoms with Gasteiger partial charge < -0.3 is 10.3 Å². The number of piperazine rings is 1. The summed E-state index contributed by atoms with van der Waals surface area (Å²) in [5.41, 5.74) is 7.35. The minimum atomic E-state index is -0.0739. The zero-order valence-corrected chi connectivity index (χ0v) is 22.0. The summed E-state index contributed by atoms with van der Waals surface area (Å²) in [7, 11) is 0. The smallest absolute Gasteiger partial charge is 0.137 e. The van der Waals surface area contributed by atoms with Gasteiger partial charge in [0.25, 0.3) is 0 Å². The van der Waals surface area contributed by atoms with E-state index in [2.05, 4.69) is 128 Å². The first-order valence-corrected chi connectivity index (χ1v) is 13.1. The summed E-state index contributed by atoms with van der Waals surface area (Å²) in [5, 5.41) is 3.55. The molecule has 0 aliphatic carbocycles. The highest BCUT2D eigenvalue weighted by atomic mass is 15.2. The van der Waals surface area contributed by atoms with E-state index in [1.807, 2.05) is 0 Å². The number of nitrogens with one attached hydrogen (secondary N) is 2. The Labute approximate surface area is 215 Å². The molecule has 4 heteroatoms. The predicted octanol–water partition coefficient (Wildman–Crippen LogP) is 6.46. The number of nitrogens with zero attached hydrogens (tertiary/aromatic N) is 2. The van der Waals surface area contributed by atoms with Crippen molar-refractivity contribution in [1.29, 1.82) is 0 Å². The lowest BCUT2D eigenvalue weighted by Crippen LogP contribution is -2.47. The number of aryl methyl sites for hydroxylation is 1. The first-order chi connectivity index (χ1) is 17.4. The van der Waals surface area contributed by atoms with E-state index in [1.165, 1.54) is 22.4 Å². The fourth-order valence-electron chi connectivity index (χ4n) is 5.40. The molecule has 2 N–H and O–H groups in total. The van der Waals surface area contributed by atoms with Crippen LogP contribution in [0, 0.1) is 6.92 Å². The van der Waals surface area contributed by atoms with Crippen LogP contribution < -0.4 is 5.32 Å². The van der Waals surface area contributed by atoms with Gasteiger partial charge in [0.15, 0.2) is 0 Å². The van der Waals surface area contributed by atoms with Gasteiger partial charge in [0.05, 0.1) is 11.7 Å². The number of rotatable bonds is 6. The molecule has 1 aliphatic heterocycles. The predicted molar refractivity (Wildman–Crippen MR) is 149 cm³/mol.